The Labute approximate surface area is 130 Å². The van der Waals surface area contributed by atoms with Gasteiger partial charge in [0.1, 0.15) is 0 Å². The van der Waals surface area contributed by atoms with Gasteiger partial charge >= 0.3 is 11.8 Å². The molecule has 2 aromatic carbocycles. The highest BCUT2D eigenvalue weighted by Crippen LogP contribution is 2.10. The summed E-state index contributed by atoms with van der Waals surface area (Å²) in [6.45, 7) is 4.17. The number of rotatable bonds is 4. The third-order valence-corrected chi connectivity index (χ3v) is 3.39. The Morgan fingerprint density at radius 2 is 1.73 bits per heavy atom. The Hall–Kier alpha value is -2.62. The molecule has 0 bridgehead atoms. The fraction of sp³-hybridized carbons (Fsp3) is 0.222. The lowest BCUT2D eigenvalue weighted by Gasteiger charge is -2.14. The molecule has 1 atom stereocenters. The molecule has 2 aromatic rings. The van der Waals surface area contributed by atoms with Gasteiger partial charge in [-0.1, -0.05) is 60.2 Å². The first-order valence-electron chi connectivity index (χ1n) is 7.25. The van der Waals surface area contributed by atoms with E-state index in [0.717, 1.165) is 16.7 Å². The quantitative estimate of drug-likeness (QED) is 0.852. The first kappa shape index (κ1) is 15.8. The number of hydrogen-bond acceptors (Lipinski definition) is 2. The number of amides is 2. The van der Waals surface area contributed by atoms with Crippen LogP contribution in [0.5, 0.6) is 0 Å². The number of carbonyl (C=O) groups excluding carboxylic acids is 2. The minimum Gasteiger partial charge on any atom is -0.344 e. The molecule has 0 saturated carbocycles. The van der Waals surface area contributed by atoms with Gasteiger partial charge in [0.2, 0.25) is 0 Å². The predicted molar refractivity (Wildman–Crippen MR) is 86.0 cm³/mol. The summed E-state index contributed by atoms with van der Waals surface area (Å²) in [5.74, 6) is -1.24. The van der Waals surface area contributed by atoms with E-state index in [1.165, 1.54) is 0 Å². The molecule has 4 heteroatoms. The summed E-state index contributed by atoms with van der Waals surface area (Å²) in [5, 5.41) is 5.32. The summed E-state index contributed by atoms with van der Waals surface area (Å²) in [4.78, 5) is 23.7. The van der Waals surface area contributed by atoms with Gasteiger partial charge in [0.15, 0.2) is 0 Å². The molecule has 0 aliphatic heterocycles. The summed E-state index contributed by atoms with van der Waals surface area (Å²) in [6, 6.07) is 17.1. The molecule has 0 fully saturated rings. The standard InChI is InChI=1S/C18H20N2O2/c1-13-7-6-8-15(11-13)12-19-17(21)18(22)20-14(2)16-9-4-3-5-10-16/h3-11,14H,12H2,1-2H3,(H,19,21)(H,20,22)/t14-/m0/s1. The van der Waals surface area contributed by atoms with E-state index in [2.05, 4.69) is 10.6 Å². The molecule has 0 heterocycles. The lowest BCUT2D eigenvalue weighted by molar-refractivity contribution is -0.139. The van der Waals surface area contributed by atoms with Gasteiger partial charge in [-0.05, 0) is 25.0 Å². The second-order valence-corrected chi connectivity index (χ2v) is 5.28. The van der Waals surface area contributed by atoms with Crippen LogP contribution in [0, 0.1) is 6.92 Å². The van der Waals surface area contributed by atoms with Crippen LogP contribution >= 0.6 is 0 Å². The Kier molecular flexibility index (Phi) is 5.31. The van der Waals surface area contributed by atoms with E-state index in [9.17, 15) is 9.59 Å². The molecule has 114 valence electrons. The Morgan fingerprint density at radius 3 is 2.41 bits per heavy atom. The van der Waals surface area contributed by atoms with Gasteiger partial charge in [0.25, 0.3) is 0 Å². The number of hydrogen-bond donors (Lipinski definition) is 2. The van der Waals surface area contributed by atoms with E-state index in [1.807, 2.05) is 68.4 Å². The fourth-order valence-electron chi connectivity index (χ4n) is 2.17. The van der Waals surface area contributed by atoms with Gasteiger partial charge in [-0.15, -0.1) is 0 Å². The normalized spacial score (nSPS) is 11.5. The third-order valence-electron chi connectivity index (χ3n) is 3.39. The molecule has 0 aliphatic carbocycles. The third kappa shape index (κ3) is 4.45. The number of nitrogens with one attached hydrogen (secondary N) is 2. The monoisotopic (exact) mass is 296 g/mol. The van der Waals surface area contributed by atoms with E-state index in [-0.39, 0.29) is 6.04 Å². The van der Waals surface area contributed by atoms with Crippen molar-refractivity contribution in [2.45, 2.75) is 26.4 Å². The molecule has 22 heavy (non-hydrogen) atoms. The summed E-state index contributed by atoms with van der Waals surface area (Å²) >= 11 is 0. The minimum absolute atomic E-state index is 0.210. The van der Waals surface area contributed by atoms with Gasteiger partial charge in [-0.25, -0.2) is 0 Å². The van der Waals surface area contributed by atoms with E-state index >= 15 is 0 Å². The van der Waals surface area contributed by atoms with Crippen LogP contribution in [-0.2, 0) is 16.1 Å². The maximum atomic E-state index is 11.9. The first-order chi connectivity index (χ1) is 10.6. The molecule has 0 aromatic heterocycles. The van der Waals surface area contributed by atoms with Crippen LogP contribution < -0.4 is 10.6 Å². The van der Waals surface area contributed by atoms with E-state index in [1.54, 1.807) is 0 Å². The van der Waals surface area contributed by atoms with Crippen LogP contribution in [0.3, 0.4) is 0 Å². The van der Waals surface area contributed by atoms with Crippen LogP contribution in [0.25, 0.3) is 0 Å². The van der Waals surface area contributed by atoms with Crippen LogP contribution in [0.4, 0.5) is 0 Å². The molecule has 0 spiro atoms. The van der Waals surface area contributed by atoms with Crippen molar-refractivity contribution in [1.82, 2.24) is 10.6 Å². The topological polar surface area (TPSA) is 58.2 Å². The predicted octanol–water partition coefficient (Wildman–Crippen LogP) is 2.49. The average molecular weight is 296 g/mol. The van der Waals surface area contributed by atoms with Crippen LogP contribution in [0.2, 0.25) is 0 Å². The van der Waals surface area contributed by atoms with Crippen molar-refractivity contribution < 1.29 is 9.59 Å². The van der Waals surface area contributed by atoms with Gasteiger partial charge in [-0.3, -0.25) is 9.59 Å². The van der Waals surface area contributed by atoms with Gasteiger partial charge in [-0.2, -0.15) is 0 Å². The molecule has 0 saturated heterocycles. The first-order valence-corrected chi connectivity index (χ1v) is 7.25. The van der Waals surface area contributed by atoms with Gasteiger partial charge in [0.05, 0.1) is 6.04 Å². The van der Waals surface area contributed by atoms with E-state index in [0.29, 0.717) is 6.54 Å². The highest BCUT2D eigenvalue weighted by Gasteiger charge is 2.16. The number of carbonyl (C=O) groups is 2. The minimum atomic E-state index is -0.621. The second kappa shape index (κ2) is 7.41. The highest BCUT2D eigenvalue weighted by atomic mass is 16.2. The molecule has 0 unspecified atom stereocenters. The zero-order valence-corrected chi connectivity index (χ0v) is 12.8. The smallest absolute Gasteiger partial charge is 0.309 e. The van der Waals surface area contributed by atoms with Crippen molar-refractivity contribution in [3.8, 4) is 0 Å². The number of aryl methyl sites for hydroxylation is 1. The molecule has 0 radical (unpaired) electrons. The van der Waals surface area contributed by atoms with Crippen molar-refractivity contribution in [3.05, 3.63) is 71.3 Å². The molecular weight excluding hydrogens is 276 g/mol. The maximum Gasteiger partial charge on any atom is 0.309 e. The van der Waals surface area contributed by atoms with Crippen molar-refractivity contribution in [2.24, 2.45) is 0 Å². The lowest BCUT2D eigenvalue weighted by atomic mass is 10.1. The van der Waals surface area contributed by atoms with Gasteiger partial charge in [0, 0.05) is 6.54 Å². The largest absolute Gasteiger partial charge is 0.344 e. The summed E-state index contributed by atoms with van der Waals surface area (Å²) < 4.78 is 0. The zero-order valence-electron chi connectivity index (χ0n) is 12.8. The van der Waals surface area contributed by atoms with Gasteiger partial charge < -0.3 is 10.6 Å². The van der Waals surface area contributed by atoms with Crippen LogP contribution in [-0.4, -0.2) is 11.8 Å². The summed E-state index contributed by atoms with van der Waals surface area (Å²) in [7, 11) is 0. The van der Waals surface area contributed by atoms with Crippen molar-refractivity contribution in [1.29, 1.82) is 0 Å². The van der Waals surface area contributed by atoms with E-state index in [4.69, 9.17) is 0 Å². The Morgan fingerprint density at radius 1 is 1.00 bits per heavy atom. The molecule has 4 nitrogen and oxygen atoms in total. The van der Waals surface area contributed by atoms with Crippen molar-refractivity contribution in [3.63, 3.8) is 0 Å². The van der Waals surface area contributed by atoms with Crippen molar-refractivity contribution in [2.75, 3.05) is 0 Å². The zero-order chi connectivity index (χ0) is 15.9. The Balaban J connectivity index is 1.86. The summed E-state index contributed by atoms with van der Waals surface area (Å²) in [6.07, 6.45) is 0. The van der Waals surface area contributed by atoms with Crippen LogP contribution in [0.1, 0.15) is 29.7 Å². The number of benzene rings is 2. The maximum absolute atomic E-state index is 11.9. The molecular formula is C18H20N2O2. The molecule has 2 N–H and O–H groups in total. The molecule has 2 amide bonds. The average Bonchev–Trinajstić information content (AvgIpc) is 2.53. The second-order valence-electron chi connectivity index (χ2n) is 5.28. The van der Waals surface area contributed by atoms with E-state index < -0.39 is 11.8 Å². The van der Waals surface area contributed by atoms with Crippen LogP contribution in [0.15, 0.2) is 54.6 Å². The highest BCUT2D eigenvalue weighted by molar-refractivity contribution is 6.35. The van der Waals surface area contributed by atoms with Crippen molar-refractivity contribution >= 4 is 11.8 Å². The molecule has 0 aliphatic rings. The fourth-order valence-corrected chi connectivity index (χ4v) is 2.17. The Bertz CT molecular complexity index is 653. The molecule has 2 rings (SSSR count). The summed E-state index contributed by atoms with van der Waals surface area (Å²) in [5.41, 5.74) is 3.05. The SMILES string of the molecule is Cc1cccc(CNC(=O)C(=O)N[C@@H](C)c2ccccc2)c1. The lowest BCUT2D eigenvalue weighted by Crippen LogP contribution is -2.40.